The fraction of sp³-hybridized carbons (Fsp3) is 0.250. The van der Waals surface area contributed by atoms with E-state index in [-0.39, 0.29) is 5.91 Å². The average Bonchev–Trinajstić information content (AvgIpc) is 2.96. The lowest BCUT2D eigenvalue weighted by molar-refractivity contribution is -0.113. The fourth-order valence-corrected chi connectivity index (χ4v) is 2.67. The number of aryl methyl sites for hydroxylation is 1. The van der Waals surface area contributed by atoms with Crippen LogP contribution in [-0.2, 0) is 11.8 Å². The Bertz CT molecular complexity index is 764. The van der Waals surface area contributed by atoms with Gasteiger partial charge in [-0.25, -0.2) is 0 Å². The van der Waals surface area contributed by atoms with Gasteiger partial charge in [0.25, 0.3) is 5.91 Å². The van der Waals surface area contributed by atoms with Crippen LogP contribution in [0.4, 0.5) is 0 Å². The van der Waals surface area contributed by atoms with E-state index < -0.39 is 0 Å². The minimum Gasteiger partial charge on any atom is -0.493 e. The van der Waals surface area contributed by atoms with Gasteiger partial charge in [-0.15, -0.1) is 11.3 Å². The maximum absolute atomic E-state index is 11.9. The molecule has 23 heavy (non-hydrogen) atoms. The number of aromatic nitrogens is 1. The number of thiazole rings is 1. The van der Waals surface area contributed by atoms with Crippen LogP contribution in [0.3, 0.4) is 0 Å². The van der Waals surface area contributed by atoms with Crippen molar-refractivity contribution in [2.75, 3.05) is 21.3 Å². The summed E-state index contributed by atoms with van der Waals surface area (Å²) in [5.41, 5.74) is 0.749. The Morgan fingerprint density at radius 1 is 1.17 bits per heavy atom. The van der Waals surface area contributed by atoms with Crippen LogP contribution in [0, 0.1) is 0 Å². The summed E-state index contributed by atoms with van der Waals surface area (Å²) in [6.45, 7) is 0. The molecule has 0 aliphatic rings. The summed E-state index contributed by atoms with van der Waals surface area (Å²) < 4.78 is 17.6. The summed E-state index contributed by atoms with van der Waals surface area (Å²) in [6, 6.07) is 3.52. The van der Waals surface area contributed by atoms with Gasteiger partial charge in [0.2, 0.25) is 5.75 Å². The van der Waals surface area contributed by atoms with E-state index in [2.05, 4.69) is 4.99 Å². The van der Waals surface area contributed by atoms with Gasteiger partial charge in [-0.05, 0) is 23.8 Å². The summed E-state index contributed by atoms with van der Waals surface area (Å²) in [5.74, 6) is 1.23. The molecule has 0 aliphatic carbocycles. The van der Waals surface area contributed by atoms with Crippen LogP contribution in [0.15, 0.2) is 34.8 Å². The lowest BCUT2D eigenvalue weighted by Gasteiger charge is -2.12. The van der Waals surface area contributed by atoms with E-state index in [4.69, 9.17) is 14.2 Å². The van der Waals surface area contributed by atoms with Crippen LogP contribution >= 0.6 is 11.3 Å². The Kier molecular flexibility index (Phi) is 5.59. The number of hydrogen-bond acceptors (Lipinski definition) is 5. The Labute approximate surface area is 138 Å². The molecule has 1 aromatic heterocycles. The van der Waals surface area contributed by atoms with Crippen molar-refractivity contribution in [3.63, 3.8) is 0 Å². The van der Waals surface area contributed by atoms with Crippen LogP contribution in [0.25, 0.3) is 6.08 Å². The van der Waals surface area contributed by atoms with Gasteiger partial charge in [0.15, 0.2) is 16.3 Å². The number of ether oxygens (including phenoxy) is 3. The lowest BCUT2D eigenvalue weighted by atomic mass is 10.1. The molecule has 0 unspecified atom stereocenters. The van der Waals surface area contributed by atoms with E-state index in [1.165, 1.54) is 17.4 Å². The molecule has 1 amide bonds. The molecular weight excluding hydrogens is 316 g/mol. The molecule has 0 N–H and O–H groups in total. The molecule has 0 spiro atoms. The van der Waals surface area contributed by atoms with Crippen LogP contribution in [0.1, 0.15) is 5.56 Å². The topological polar surface area (TPSA) is 62.0 Å². The molecule has 0 radical (unpaired) electrons. The zero-order valence-corrected chi connectivity index (χ0v) is 14.2. The number of hydrogen-bond donors (Lipinski definition) is 0. The number of carbonyl (C=O) groups excluding carboxylic acids is 1. The maximum Gasteiger partial charge on any atom is 0.272 e. The molecule has 122 valence electrons. The normalized spacial score (nSPS) is 11.7. The van der Waals surface area contributed by atoms with Crippen molar-refractivity contribution in [1.29, 1.82) is 0 Å². The highest BCUT2D eigenvalue weighted by Gasteiger charge is 2.12. The van der Waals surface area contributed by atoms with Crippen molar-refractivity contribution in [3.05, 3.63) is 40.2 Å². The van der Waals surface area contributed by atoms with Crippen LogP contribution in [-0.4, -0.2) is 31.8 Å². The maximum atomic E-state index is 11.9. The second-order valence-corrected chi connectivity index (χ2v) is 5.41. The summed E-state index contributed by atoms with van der Waals surface area (Å²) in [6.07, 6.45) is 4.91. The predicted octanol–water partition coefficient (Wildman–Crippen LogP) is 2.25. The second-order valence-electron chi connectivity index (χ2n) is 4.54. The van der Waals surface area contributed by atoms with Crippen LogP contribution in [0.2, 0.25) is 0 Å². The predicted molar refractivity (Wildman–Crippen MR) is 89.0 cm³/mol. The van der Waals surface area contributed by atoms with E-state index in [0.29, 0.717) is 22.0 Å². The largest absolute Gasteiger partial charge is 0.493 e. The van der Waals surface area contributed by atoms with Crippen LogP contribution < -0.4 is 19.0 Å². The molecule has 0 saturated heterocycles. The number of benzene rings is 1. The van der Waals surface area contributed by atoms with Gasteiger partial charge in [0.1, 0.15) is 0 Å². The monoisotopic (exact) mass is 334 g/mol. The quantitative estimate of drug-likeness (QED) is 0.787. The molecule has 0 bridgehead atoms. The zero-order valence-electron chi connectivity index (χ0n) is 13.4. The highest BCUT2D eigenvalue weighted by atomic mass is 32.1. The smallest absolute Gasteiger partial charge is 0.272 e. The number of amides is 1. The van der Waals surface area contributed by atoms with Crippen molar-refractivity contribution in [3.8, 4) is 17.2 Å². The molecule has 7 heteroatoms. The summed E-state index contributed by atoms with van der Waals surface area (Å²) in [4.78, 5) is 16.6. The first-order valence-electron chi connectivity index (χ1n) is 6.76. The zero-order chi connectivity index (χ0) is 16.8. The molecular formula is C16H18N2O4S. The fourth-order valence-electron chi connectivity index (χ4n) is 1.93. The van der Waals surface area contributed by atoms with Crippen molar-refractivity contribution >= 4 is 23.3 Å². The molecule has 6 nitrogen and oxygen atoms in total. The van der Waals surface area contributed by atoms with E-state index in [9.17, 15) is 4.79 Å². The first kappa shape index (κ1) is 16.8. The molecule has 1 aromatic carbocycles. The van der Waals surface area contributed by atoms with Crippen molar-refractivity contribution < 1.29 is 19.0 Å². The van der Waals surface area contributed by atoms with Gasteiger partial charge in [-0.1, -0.05) is 0 Å². The molecule has 0 saturated carbocycles. The van der Waals surface area contributed by atoms with Gasteiger partial charge in [-0.3, -0.25) is 4.79 Å². The van der Waals surface area contributed by atoms with E-state index >= 15 is 0 Å². The van der Waals surface area contributed by atoms with Gasteiger partial charge in [0, 0.05) is 24.7 Å². The molecule has 0 aliphatic heterocycles. The van der Waals surface area contributed by atoms with E-state index in [1.807, 2.05) is 18.6 Å². The van der Waals surface area contributed by atoms with Crippen molar-refractivity contribution in [2.24, 2.45) is 12.0 Å². The molecule has 1 heterocycles. The lowest BCUT2D eigenvalue weighted by Crippen LogP contribution is -2.11. The standard InChI is InChI=1S/C16H18N2O4S/c1-18-7-8-23-16(18)17-14(19)6-5-11-9-12(20-2)15(22-4)13(10-11)21-3/h5-10H,1-4H3/b6-5+,17-16?. The molecule has 0 atom stereocenters. The first-order chi connectivity index (χ1) is 11.1. The summed E-state index contributed by atoms with van der Waals surface area (Å²) >= 11 is 1.40. The number of nitrogens with zero attached hydrogens (tertiary/aromatic N) is 2. The minimum atomic E-state index is -0.336. The average molecular weight is 334 g/mol. The second kappa shape index (κ2) is 7.64. The van der Waals surface area contributed by atoms with Gasteiger partial charge in [0.05, 0.1) is 21.3 Å². The number of methoxy groups -OCH3 is 3. The van der Waals surface area contributed by atoms with Gasteiger partial charge < -0.3 is 18.8 Å². The summed E-state index contributed by atoms with van der Waals surface area (Å²) in [7, 11) is 6.47. The summed E-state index contributed by atoms with van der Waals surface area (Å²) in [5, 5.41) is 1.87. The van der Waals surface area contributed by atoms with E-state index in [0.717, 1.165) is 5.56 Å². The molecule has 2 aromatic rings. The Morgan fingerprint density at radius 2 is 1.83 bits per heavy atom. The first-order valence-corrected chi connectivity index (χ1v) is 7.64. The number of rotatable bonds is 5. The SMILES string of the molecule is COc1cc(/C=C/C(=O)N=c2sccn2C)cc(OC)c1OC. The van der Waals surface area contributed by atoms with E-state index in [1.54, 1.807) is 44.1 Å². The Morgan fingerprint density at radius 3 is 2.30 bits per heavy atom. The molecule has 2 rings (SSSR count). The third-order valence-electron chi connectivity index (χ3n) is 3.07. The third kappa shape index (κ3) is 4.01. The minimum absolute atomic E-state index is 0.336. The van der Waals surface area contributed by atoms with Gasteiger partial charge in [-0.2, -0.15) is 4.99 Å². The Hall–Kier alpha value is -2.54. The third-order valence-corrected chi connectivity index (χ3v) is 3.92. The Balaban J connectivity index is 2.29. The van der Waals surface area contributed by atoms with Gasteiger partial charge >= 0.3 is 0 Å². The van der Waals surface area contributed by atoms with Crippen molar-refractivity contribution in [2.45, 2.75) is 0 Å². The molecule has 0 fully saturated rings. The highest BCUT2D eigenvalue weighted by Crippen LogP contribution is 2.38. The van der Waals surface area contributed by atoms with Crippen LogP contribution in [0.5, 0.6) is 17.2 Å². The number of carbonyl (C=O) groups is 1. The highest BCUT2D eigenvalue weighted by molar-refractivity contribution is 7.07. The van der Waals surface area contributed by atoms with Crippen molar-refractivity contribution in [1.82, 2.24) is 4.57 Å².